The van der Waals surface area contributed by atoms with E-state index in [4.69, 9.17) is 13.6 Å². The van der Waals surface area contributed by atoms with Crippen LogP contribution in [0.3, 0.4) is 0 Å². The van der Waals surface area contributed by atoms with Crippen molar-refractivity contribution in [2.24, 2.45) is 0 Å². The first-order valence-corrected chi connectivity index (χ1v) is 8.30. The third kappa shape index (κ3) is 3.67. The van der Waals surface area contributed by atoms with E-state index in [1.165, 1.54) is 0 Å². The summed E-state index contributed by atoms with van der Waals surface area (Å²) >= 11 is 0. The van der Waals surface area contributed by atoms with Crippen LogP contribution in [-0.2, 0) is 16.0 Å². The SMILES string of the molecule is Cc1ccc(CCC(=O)N2CCOC[C@H]2c2nnc(C(C)C)o2)o1. The van der Waals surface area contributed by atoms with Gasteiger partial charge in [-0.2, -0.15) is 0 Å². The van der Waals surface area contributed by atoms with Gasteiger partial charge < -0.3 is 18.5 Å². The number of morpholine rings is 1. The van der Waals surface area contributed by atoms with Crippen molar-refractivity contribution in [3.8, 4) is 0 Å². The zero-order valence-corrected chi connectivity index (χ0v) is 14.3. The van der Waals surface area contributed by atoms with E-state index in [9.17, 15) is 4.79 Å². The minimum atomic E-state index is -0.315. The summed E-state index contributed by atoms with van der Waals surface area (Å²) in [6, 6.07) is 3.50. The summed E-state index contributed by atoms with van der Waals surface area (Å²) in [7, 11) is 0. The number of nitrogens with zero attached hydrogens (tertiary/aromatic N) is 3. The Hall–Kier alpha value is -2.15. The highest BCUT2D eigenvalue weighted by molar-refractivity contribution is 5.77. The van der Waals surface area contributed by atoms with Crippen LogP contribution in [0.4, 0.5) is 0 Å². The van der Waals surface area contributed by atoms with Crippen LogP contribution >= 0.6 is 0 Å². The summed E-state index contributed by atoms with van der Waals surface area (Å²) in [5.41, 5.74) is 0. The van der Waals surface area contributed by atoms with Gasteiger partial charge in [-0.05, 0) is 19.1 Å². The average molecular weight is 333 g/mol. The summed E-state index contributed by atoms with van der Waals surface area (Å²) in [5, 5.41) is 8.16. The normalized spacial score (nSPS) is 18.3. The molecular weight excluding hydrogens is 310 g/mol. The highest BCUT2D eigenvalue weighted by Crippen LogP contribution is 2.26. The number of furan rings is 1. The van der Waals surface area contributed by atoms with Gasteiger partial charge >= 0.3 is 0 Å². The van der Waals surface area contributed by atoms with Crippen molar-refractivity contribution in [1.82, 2.24) is 15.1 Å². The number of hydrogen-bond donors (Lipinski definition) is 0. The molecule has 0 saturated carbocycles. The fraction of sp³-hybridized carbons (Fsp3) is 0.588. The van der Waals surface area contributed by atoms with Gasteiger partial charge in [0.05, 0.1) is 13.2 Å². The van der Waals surface area contributed by atoms with Crippen LogP contribution in [-0.4, -0.2) is 40.8 Å². The first-order chi connectivity index (χ1) is 11.5. The number of carbonyl (C=O) groups is 1. The monoisotopic (exact) mass is 333 g/mol. The molecule has 3 rings (SSSR count). The molecule has 1 aliphatic rings. The van der Waals surface area contributed by atoms with Crippen LogP contribution in [0, 0.1) is 6.92 Å². The minimum Gasteiger partial charge on any atom is -0.466 e. The van der Waals surface area contributed by atoms with E-state index in [0.29, 0.717) is 44.4 Å². The Balaban J connectivity index is 1.67. The Morgan fingerprint density at radius 1 is 1.33 bits per heavy atom. The maximum atomic E-state index is 12.6. The van der Waals surface area contributed by atoms with Crippen LogP contribution in [0.25, 0.3) is 0 Å². The fourth-order valence-corrected chi connectivity index (χ4v) is 2.71. The number of amides is 1. The number of aryl methyl sites for hydroxylation is 2. The number of carbonyl (C=O) groups excluding carboxylic acids is 1. The molecule has 1 saturated heterocycles. The molecule has 0 spiro atoms. The molecule has 0 unspecified atom stereocenters. The molecule has 1 fully saturated rings. The van der Waals surface area contributed by atoms with Crippen LogP contribution in [0.15, 0.2) is 21.0 Å². The van der Waals surface area contributed by atoms with Gasteiger partial charge in [-0.1, -0.05) is 13.8 Å². The fourth-order valence-electron chi connectivity index (χ4n) is 2.71. The summed E-state index contributed by atoms with van der Waals surface area (Å²) in [6.07, 6.45) is 0.965. The topological polar surface area (TPSA) is 81.6 Å². The van der Waals surface area contributed by atoms with E-state index in [0.717, 1.165) is 11.5 Å². The molecule has 3 heterocycles. The quantitative estimate of drug-likeness (QED) is 0.836. The smallest absolute Gasteiger partial charge is 0.241 e. The molecule has 0 N–H and O–H groups in total. The first-order valence-electron chi connectivity index (χ1n) is 8.30. The van der Waals surface area contributed by atoms with Crippen molar-refractivity contribution in [2.75, 3.05) is 19.8 Å². The molecule has 0 aliphatic carbocycles. The van der Waals surface area contributed by atoms with Crippen molar-refractivity contribution >= 4 is 5.91 Å². The number of rotatable bonds is 5. The van der Waals surface area contributed by atoms with Gasteiger partial charge in [0, 0.05) is 25.3 Å². The van der Waals surface area contributed by atoms with Crippen LogP contribution in [0.1, 0.15) is 55.5 Å². The summed E-state index contributed by atoms with van der Waals surface area (Å²) in [4.78, 5) is 14.4. The van der Waals surface area contributed by atoms with Gasteiger partial charge in [-0.15, -0.1) is 10.2 Å². The first kappa shape index (κ1) is 16.7. The standard InChI is InChI=1S/C17H23N3O4/c1-11(2)16-18-19-17(24-16)14-10-22-9-8-20(14)15(21)7-6-13-5-4-12(3)23-13/h4-5,11,14H,6-10H2,1-3H3/t14-/m0/s1. The maximum absolute atomic E-state index is 12.6. The predicted molar refractivity (Wildman–Crippen MR) is 85.4 cm³/mol. The second kappa shape index (κ2) is 7.17. The number of aromatic nitrogens is 2. The minimum absolute atomic E-state index is 0.0432. The van der Waals surface area contributed by atoms with E-state index in [-0.39, 0.29) is 17.9 Å². The van der Waals surface area contributed by atoms with Gasteiger partial charge in [0.25, 0.3) is 0 Å². The summed E-state index contributed by atoms with van der Waals surface area (Å²) in [5.74, 6) is 2.90. The average Bonchev–Trinajstić information content (AvgIpc) is 3.22. The van der Waals surface area contributed by atoms with Gasteiger partial charge in [0.1, 0.15) is 17.6 Å². The molecule has 1 atom stereocenters. The lowest BCUT2D eigenvalue weighted by Gasteiger charge is -2.33. The maximum Gasteiger partial charge on any atom is 0.241 e. The molecule has 1 amide bonds. The molecule has 7 nitrogen and oxygen atoms in total. The summed E-state index contributed by atoms with van der Waals surface area (Å²) in [6.45, 7) is 7.30. The van der Waals surface area contributed by atoms with Crippen LogP contribution < -0.4 is 0 Å². The molecule has 7 heteroatoms. The highest BCUT2D eigenvalue weighted by Gasteiger charge is 2.32. The van der Waals surface area contributed by atoms with E-state index >= 15 is 0 Å². The van der Waals surface area contributed by atoms with Gasteiger partial charge in [-0.3, -0.25) is 4.79 Å². The van der Waals surface area contributed by atoms with Crippen LogP contribution in [0.5, 0.6) is 0 Å². The lowest BCUT2D eigenvalue weighted by atomic mass is 10.1. The molecule has 0 aromatic carbocycles. The molecular formula is C17H23N3O4. The Morgan fingerprint density at radius 2 is 2.17 bits per heavy atom. The predicted octanol–water partition coefficient (Wildman–Crippen LogP) is 2.63. The van der Waals surface area contributed by atoms with Crippen molar-refractivity contribution in [2.45, 2.75) is 45.6 Å². The van der Waals surface area contributed by atoms with Gasteiger partial charge in [0.2, 0.25) is 17.7 Å². The third-order valence-corrected chi connectivity index (χ3v) is 4.07. The van der Waals surface area contributed by atoms with Gasteiger partial charge in [0.15, 0.2) is 0 Å². The molecule has 1 aliphatic heterocycles. The van der Waals surface area contributed by atoms with E-state index in [1.54, 1.807) is 4.90 Å². The number of hydrogen-bond acceptors (Lipinski definition) is 6. The Kier molecular flexibility index (Phi) is 4.99. The van der Waals surface area contributed by atoms with Crippen LogP contribution in [0.2, 0.25) is 0 Å². The molecule has 24 heavy (non-hydrogen) atoms. The summed E-state index contributed by atoms with van der Waals surface area (Å²) < 4.78 is 16.8. The zero-order valence-electron chi connectivity index (χ0n) is 14.3. The van der Waals surface area contributed by atoms with E-state index in [2.05, 4.69) is 10.2 Å². The van der Waals surface area contributed by atoms with Crippen molar-refractivity contribution in [3.05, 3.63) is 35.4 Å². The van der Waals surface area contributed by atoms with Crippen molar-refractivity contribution in [1.29, 1.82) is 0 Å². The number of ether oxygens (including phenoxy) is 1. The van der Waals surface area contributed by atoms with Crippen molar-refractivity contribution < 1.29 is 18.4 Å². The second-order valence-electron chi connectivity index (χ2n) is 6.32. The molecule has 0 radical (unpaired) electrons. The second-order valence-corrected chi connectivity index (χ2v) is 6.32. The Morgan fingerprint density at radius 3 is 2.83 bits per heavy atom. The Labute approximate surface area is 141 Å². The molecule has 2 aromatic rings. The van der Waals surface area contributed by atoms with E-state index in [1.807, 2.05) is 32.9 Å². The molecule has 0 bridgehead atoms. The molecule has 130 valence electrons. The lowest BCUT2D eigenvalue weighted by molar-refractivity contribution is -0.141. The molecule has 2 aromatic heterocycles. The Bertz CT molecular complexity index is 692. The van der Waals surface area contributed by atoms with E-state index < -0.39 is 0 Å². The third-order valence-electron chi connectivity index (χ3n) is 4.07. The lowest BCUT2D eigenvalue weighted by Crippen LogP contribution is -2.43. The highest BCUT2D eigenvalue weighted by atomic mass is 16.5. The van der Waals surface area contributed by atoms with Crippen molar-refractivity contribution in [3.63, 3.8) is 0 Å². The zero-order chi connectivity index (χ0) is 17.1. The largest absolute Gasteiger partial charge is 0.466 e. The van der Waals surface area contributed by atoms with Gasteiger partial charge in [-0.25, -0.2) is 0 Å².